The first-order valence-electron chi connectivity index (χ1n) is 15.1. The third-order valence-corrected chi connectivity index (χ3v) is 8.58. The standard InChI is InChI=1S/C35H40N4O3.ClH.H3N.H2/c1-23-8-10-25(11-9-23)34(40)42-28-7-5-6-26(21-28)27-12-13-31(24(2)20-27)37-35(36)38-32-14-15-33(30-22-29(30)32)41-19-18-39-16-3-4-17-39;;;/h5-15,20,26,29-30H,3-4,16-19,21-22H2,1-2H3,(H3,36,37,38);1H;1H3;1H. The number of likely N-dealkylation sites (tertiary alicyclic amines) is 1. The van der Waals surface area contributed by atoms with E-state index in [4.69, 9.17) is 15.2 Å². The fourth-order valence-corrected chi connectivity index (χ4v) is 6.02. The van der Waals surface area contributed by atoms with Crippen molar-refractivity contribution in [3.05, 3.63) is 112 Å². The van der Waals surface area contributed by atoms with E-state index in [1.807, 2.05) is 44.2 Å². The van der Waals surface area contributed by atoms with Gasteiger partial charge in [0.25, 0.3) is 0 Å². The lowest BCUT2D eigenvalue weighted by atomic mass is 9.90. The highest BCUT2D eigenvalue weighted by molar-refractivity contribution is 5.90. The third-order valence-electron chi connectivity index (χ3n) is 8.58. The summed E-state index contributed by atoms with van der Waals surface area (Å²) in [5, 5.41) is 3.34. The van der Waals surface area contributed by atoms with Gasteiger partial charge < -0.3 is 26.7 Å². The molecule has 6 rings (SSSR count). The largest absolute Gasteiger partial charge is 0.496 e. The van der Waals surface area contributed by atoms with Crippen molar-refractivity contribution in [1.29, 1.82) is 0 Å². The van der Waals surface area contributed by atoms with Crippen LogP contribution in [0.3, 0.4) is 0 Å². The minimum absolute atomic E-state index is 0. The van der Waals surface area contributed by atoms with Gasteiger partial charge in [0.1, 0.15) is 12.4 Å². The smallest absolute Gasteiger partial charge is 0.343 e. The lowest BCUT2D eigenvalue weighted by Gasteiger charge is -2.20. The van der Waals surface area contributed by atoms with Crippen LogP contribution in [0, 0.1) is 25.7 Å². The van der Waals surface area contributed by atoms with Crippen LogP contribution < -0.4 is 17.2 Å². The Labute approximate surface area is 268 Å². The van der Waals surface area contributed by atoms with Crippen molar-refractivity contribution in [2.24, 2.45) is 22.6 Å². The van der Waals surface area contributed by atoms with Crippen LogP contribution in [0.2, 0.25) is 0 Å². The maximum absolute atomic E-state index is 12.6. The van der Waals surface area contributed by atoms with E-state index in [0.29, 0.717) is 35.5 Å². The number of hydrogen-bond acceptors (Lipinski definition) is 6. The average Bonchev–Trinajstić information content (AvgIpc) is 3.63. The van der Waals surface area contributed by atoms with Gasteiger partial charge in [0.05, 0.1) is 17.0 Å². The molecule has 0 bridgehead atoms. The average molecular weight is 620 g/mol. The highest BCUT2D eigenvalue weighted by Gasteiger charge is 2.45. The molecule has 3 unspecified atom stereocenters. The molecule has 2 aromatic carbocycles. The predicted octanol–water partition coefficient (Wildman–Crippen LogP) is 6.98. The quantitative estimate of drug-likeness (QED) is 0.157. The van der Waals surface area contributed by atoms with Gasteiger partial charge in [0.2, 0.25) is 0 Å². The molecule has 0 aromatic heterocycles. The summed E-state index contributed by atoms with van der Waals surface area (Å²) >= 11 is 0. The highest BCUT2D eigenvalue weighted by atomic mass is 35.5. The summed E-state index contributed by atoms with van der Waals surface area (Å²) in [6.07, 6.45) is 14.5. The molecule has 0 amide bonds. The molecule has 6 N–H and O–H groups in total. The number of ether oxygens (including phenoxy) is 2. The summed E-state index contributed by atoms with van der Waals surface area (Å²) in [4.78, 5) is 19.8. The van der Waals surface area contributed by atoms with Crippen molar-refractivity contribution in [1.82, 2.24) is 16.4 Å². The number of benzene rings is 2. The van der Waals surface area contributed by atoms with E-state index in [9.17, 15) is 4.79 Å². The van der Waals surface area contributed by atoms with Crippen LogP contribution in [-0.2, 0) is 9.47 Å². The number of nitrogens with one attached hydrogen (secondary N) is 1. The number of carbonyl (C=O) groups excluding carboxylic acids is 1. The molecule has 0 spiro atoms. The molecule has 2 fully saturated rings. The molecule has 8 nitrogen and oxygen atoms in total. The molecule has 1 saturated heterocycles. The molecule has 0 radical (unpaired) electrons. The van der Waals surface area contributed by atoms with E-state index in [0.717, 1.165) is 53.4 Å². The predicted molar refractivity (Wildman–Crippen MR) is 181 cm³/mol. The minimum atomic E-state index is -0.332. The number of nitrogens with zero attached hydrogens (tertiary/aromatic N) is 2. The Hall–Kier alpha value is -3.85. The Bertz CT molecular complexity index is 1500. The van der Waals surface area contributed by atoms with Crippen LogP contribution in [-0.4, -0.2) is 43.1 Å². The second-order valence-electron chi connectivity index (χ2n) is 11.8. The molecule has 44 heavy (non-hydrogen) atoms. The molecule has 3 aliphatic carbocycles. The first-order chi connectivity index (χ1) is 20.4. The highest BCUT2D eigenvalue weighted by Crippen LogP contribution is 2.50. The van der Waals surface area contributed by atoms with E-state index in [2.05, 4.69) is 45.6 Å². The maximum Gasteiger partial charge on any atom is 0.343 e. The van der Waals surface area contributed by atoms with Crippen molar-refractivity contribution < 1.29 is 15.7 Å². The van der Waals surface area contributed by atoms with E-state index >= 15 is 0 Å². The Morgan fingerprint density at radius 2 is 1.84 bits per heavy atom. The van der Waals surface area contributed by atoms with Crippen molar-refractivity contribution in [2.75, 3.05) is 26.2 Å². The van der Waals surface area contributed by atoms with Crippen LogP contribution in [0.25, 0.3) is 0 Å². The molecule has 236 valence electrons. The topological polar surface area (TPSA) is 124 Å². The first-order valence-corrected chi connectivity index (χ1v) is 15.1. The van der Waals surface area contributed by atoms with Gasteiger partial charge in [-0.2, -0.15) is 0 Å². The number of fused-ring (bicyclic) bond motifs is 1. The van der Waals surface area contributed by atoms with Crippen LogP contribution in [0.1, 0.15) is 60.1 Å². The van der Waals surface area contributed by atoms with Gasteiger partial charge in [-0.3, -0.25) is 4.90 Å². The molecule has 4 aliphatic rings. The van der Waals surface area contributed by atoms with E-state index in [-0.39, 0.29) is 31.9 Å². The Morgan fingerprint density at radius 3 is 2.59 bits per heavy atom. The summed E-state index contributed by atoms with van der Waals surface area (Å²) in [5.41, 5.74) is 12.1. The number of hydrogen-bond donors (Lipinski definition) is 3. The number of allylic oxidation sites excluding steroid dienone is 8. The monoisotopic (exact) mass is 619 g/mol. The van der Waals surface area contributed by atoms with Crippen LogP contribution in [0.15, 0.2) is 95.1 Å². The summed E-state index contributed by atoms with van der Waals surface area (Å²) in [7, 11) is 0. The number of halogens is 1. The number of guanidine groups is 1. The lowest BCUT2D eigenvalue weighted by Crippen LogP contribution is -2.32. The number of aliphatic imine (C=N–C) groups is 1. The van der Waals surface area contributed by atoms with Gasteiger partial charge in [-0.15, -0.1) is 12.4 Å². The Kier molecular flexibility index (Phi) is 11.1. The van der Waals surface area contributed by atoms with E-state index < -0.39 is 0 Å². The number of rotatable bonds is 9. The number of carbonyl (C=O) groups is 1. The number of nitrogens with two attached hydrogens (primary N) is 1. The molecule has 3 atom stereocenters. The number of esters is 1. The molecule has 1 saturated carbocycles. The van der Waals surface area contributed by atoms with Gasteiger partial charge in [-0.1, -0.05) is 42.0 Å². The zero-order valence-corrected chi connectivity index (χ0v) is 26.4. The molecular weight excluding hydrogens is 574 g/mol. The summed E-state index contributed by atoms with van der Waals surface area (Å²) in [5.74, 6) is 2.81. The molecule has 9 heteroatoms. The summed E-state index contributed by atoms with van der Waals surface area (Å²) < 4.78 is 11.8. The second kappa shape index (κ2) is 14.8. The van der Waals surface area contributed by atoms with Gasteiger partial charge >= 0.3 is 5.97 Å². The fraction of sp³-hybridized carbons (Fsp3) is 0.371. The summed E-state index contributed by atoms with van der Waals surface area (Å²) in [6, 6.07) is 13.6. The SMILES string of the molecule is Cc1ccc(C(=O)OC2=CC=CC(c3ccc(N=C(N)NC4=CC=C(OCCN5CCCC5)C5CC45)c(C)c3)C2)cc1.Cl.N.[HH]. The first kappa shape index (κ1) is 33.1. The fourth-order valence-electron chi connectivity index (χ4n) is 6.02. The maximum atomic E-state index is 12.6. The van der Waals surface area contributed by atoms with Gasteiger partial charge in [-0.25, -0.2) is 9.79 Å². The Morgan fingerprint density at radius 1 is 1.07 bits per heavy atom. The molecular formula is C35H46ClN5O3. The van der Waals surface area contributed by atoms with Crippen molar-refractivity contribution >= 4 is 30.0 Å². The third kappa shape index (κ3) is 8.00. The number of aryl methyl sites for hydroxylation is 2. The van der Waals surface area contributed by atoms with Crippen molar-refractivity contribution in [2.45, 2.75) is 45.4 Å². The summed E-state index contributed by atoms with van der Waals surface area (Å²) in [6.45, 7) is 8.21. The lowest BCUT2D eigenvalue weighted by molar-refractivity contribution is 0.0611. The van der Waals surface area contributed by atoms with Gasteiger partial charge in [0, 0.05) is 37.8 Å². The van der Waals surface area contributed by atoms with Crippen LogP contribution in [0.4, 0.5) is 5.69 Å². The van der Waals surface area contributed by atoms with Crippen LogP contribution >= 0.6 is 12.4 Å². The van der Waals surface area contributed by atoms with E-state index in [1.165, 1.54) is 25.9 Å². The molecule has 2 aromatic rings. The van der Waals surface area contributed by atoms with Gasteiger partial charge in [-0.05, 0) is 93.8 Å². The zero-order chi connectivity index (χ0) is 29.1. The van der Waals surface area contributed by atoms with Crippen molar-refractivity contribution in [3.63, 3.8) is 0 Å². The molecule has 1 heterocycles. The zero-order valence-electron chi connectivity index (χ0n) is 25.6. The van der Waals surface area contributed by atoms with Crippen LogP contribution in [0.5, 0.6) is 0 Å². The normalized spacial score (nSPS) is 22.4. The van der Waals surface area contributed by atoms with E-state index in [1.54, 1.807) is 12.1 Å². The van der Waals surface area contributed by atoms with Gasteiger partial charge in [0.15, 0.2) is 5.96 Å². The minimum Gasteiger partial charge on any atom is -0.496 e. The Balaban J connectivity index is 0.00000184. The molecule has 1 aliphatic heterocycles. The second-order valence-corrected chi connectivity index (χ2v) is 11.8. The van der Waals surface area contributed by atoms with Crippen molar-refractivity contribution in [3.8, 4) is 0 Å².